The van der Waals surface area contributed by atoms with Gasteiger partial charge in [0.15, 0.2) is 5.78 Å². The van der Waals surface area contributed by atoms with Crippen molar-refractivity contribution in [3.8, 4) is 5.75 Å². The summed E-state index contributed by atoms with van der Waals surface area (Å²) < 4.78 is 6.12. The maximum Gasteiger partial charge on any atom is 0.267 e. The Labute approximate surface area is 128 Å². The predicted molar refractivity (Wildman–Crippen MR) is 79.8 cm³/mol. The fourth-order valence-electron chi connectivity index (χ4n) is 3.10. The molecule has 1 aromatic carbocycles. The highest BCUT2D eigenvalue weighted by atomic mass is 16.5. The second kappa shape index (κ2) is 5.55. The zero-order valence-corrected chi connectivity index (χ0v) is 12.3. The number of amides is 1. The van der Waals surface area contributed by atoms with Crippen molar-refractivity contribution in [1.82, 2.24) is 10.4 Å². The summed E-state index contributed by atoms with van der Waals surface area (Å²) in [7, 11) is 2.03. The summed E-state index contributed by atoms with van der Waals surface area (Å²) in [5.74, 6) is 0.0574. The van der Waals surface area contributed by atoms with Crippen LogP contribution in [0.25, 0.3) is 6.08 Å². The molecule has 6 heteroatoms. The van der Waals surface area contributed by atoms with Crippen molar-refractivity contribution in [3.05, 3.63) is 35.4 Å². The molecule has 1 fully saturated rings. The number of carbonyl (C=O) groups excluding carboxylic acids is 2. The largest absolute Gasteiger partial charge is 0.485 e. The molecular weight excluding hydrogens is 284 g/mol. The third-order valence-corrected chi connectivity index (χ3v) is 4.16. The van der Waals surface area contributed by atoms with Gasteiger partial charge in [-0.15, -0.1) is 0 Å². The molecule has 1 aromatic rings. The van der Waals surface area contributed by atoms with Crippen LogP contribution in [0.15, 0.2) is 24.3 Å². The highest BCUT2D eigenvalue weighted by molar-refractivity contribution is 6.01. The zero-order chi connectivity index (χ0) is 15.7. The fraction of sp³-hybridized carbons (Fsp3) is 0.375. The number of carbonyl (C=O) groups is 2. The normalized spacial score (nSPS) is 24.5. The van der Waals surface area contributed by atoms with Gasteiger partial charge in [-0.2, -0.15) is 0 Å². The maximum atomic E-state index is 12.5. The molecule has 1 atom stereocenters. The second-order valence-corrected chi connectivity index (χ2v) is 5.94. The molecular formula is C16H18N2O4. The number of nitrogens with one attached hydrogen (secondary N) is 1. The van der Waals surface area contributed by atoms with Gasteiger partial charge in [-0.1, -0.05) is 6.07 Å². The lowest BCUT2D eigenvalue weighted by Gasteiger charge is -2.34. The van der Waals surface area contributed by atoms with Crippen molar-refractivity contribution in [3.63, 3.8) is 0 Å². The van der Waals surface area contributed by atoms with Crippen LogP contribution in [0.3, 0.4) is 0 Å². The van der Waals surface area contributed by atoms with E-state index in [1.54, 1.807) is 18.2 Å². The van der Waals surface area contributed by atoms with Gasteiger partial charge in [0.25, 0.3) is 5.91 Å². The minimum atomic E-state index is -0.617. The average Bonchev–Trinajstić information content (AvgIpc) is 2.85. The molecule has 22 heavy (non-hydrogen) atoms. The van der Waals surface area contributed by atoms with Gasteiger partial charge in [-0.05, 0) is 30.8 Å². The van der Waals surface area contributed by atoms with Gasteiger partial charge in [0.2, 0.25) is 0 Å². The molecule has 1 spiro atoms. The number of fused-ring (bicyclic) bond motifs is 1. The topological polar surface area (TPSA) is 78.9 Å². The molecule has 6 nitrogen and oxygen atoms in total. The van der Waals surface area contributed by atoms with Gasteiger partial charge in [-0.3, -0.25) is 14.8 Å². The Morgan fingerprint density at radius 2 is 2.32 bits per heavy atom. The fourth-order valence-corrected chi connectivity index (χ4v) is 3.10. The average molecular weight is 302 g/mol. The first-order valence-corrected chi connectivity index (χ1v) is 7.18. The van der Waals surface area contributed by atoms with Gasteiger partial charge in [0.05, 0.1) is 12.0 Å². The van der Waals surface area contributed by atoms with Crippen LogP contribution < -0.4 is 10.2 Å². The molecule has 0 radical (unpaired) electrons. The van der Waals surface area contributed by atoms with Crippen LogP contribution in [0.4, 0.5) is 0 Å². The van der Waals surface area contributed by atoms with Crippen molar-refractivity contribution in [2.45, 2.75) is 18.4 Å². The molecule has 116 valence electrons. The Kier molecular flexibility index (Phi) is 3.72. The quantitative estimate of drug-likeness (QED) is 0.488. The predicted octanol–water partition coefficient (Wildman–Crippen LogP) is 1.24. The standard InChI is InChI=1S/C16H18N2O4/c1-18-7-6-16(10-18)9-13(19)12-8-11(2-4-14(12)22-16)3-5-15(20)17-21/h2-5,8,21H,6-7,9-10H2,1H3,(H,17,20). The van der Waals surface area contributed by atoms with Crippen molar-refractivity contribution in [2.24, 2.45) is 0 Å². The molecule has 2 N–H and O–H groups in total. The van der Waals surface area contributed by atoms with E-state index < -0.39 is 11.5 Å². The summed E-state index contributed by atoms with van der Waals surface area (Å²) in [5.41, 5.74) is 2.38. The minimum Gasteiger partial charge on any atom is -0.485 e. The number of likely N-dealkylation sites (tertiary alicyclic amines) is 1. The van der Waals surface area contributed by atoms with Crippen LogP contribution in [-0.2, 0) is 4.79 Å². The molecule has 2 heterocycles. The van der Waals surface area contributed by atoms with Crippen molar-refractivity contribution in [2.75, 3.05) is 20.1 Å². The number of Topliss-reactive ketones (excluding diaryl/α,β-unsaturated/α-hetero) is 1. The Morgan fingerprint density at radius 1 is 1.50 bits per heavy atom. The van der Waals surface area contributed by atoms with E-state index in [0.717, 1.165) is 19.5 Å². The van der Waals surface area contributed by atoms with E-state index >= 15 is 0 Å². The number of rotatable bonds is 2. The van der Waals surface area contributed by atoms with Crippen LogP contribution in [-0.4, -0.2) is 47.5 Å². The number of ether oxygens (including phenoxy) is 1. The third-order valence-electron chi connectivity index (χ3n) is 4.16. The van der Waals surface area contributed by atoms with Crippen LogP contribution in [0.1, 0.15) is 28.8 Å². The summed E-state index contributed by atoms with van der Waals surface area (Å²) in [4.78, 5) is 25.6. The Hall–Kier alpha value is -2.18. The lowest BCUT2D eigenvalue weighted by Crippen LogP contribution is -2.44. The number of hydroxylamine groups is 1. The van der Waals surface area contributed by atoms with Crippen molar-refractivity contribution in [1.29, 1.82) is 0 Å². The number of nitrogens with zero attached hydrogens (tertiary/aromatic N) is 1. The SMILES string of the molecule is CN1CCC2(CC(=O)c3cc(C=CC(=O)NO)ccc3O2)C1. The lowest BCUT2D eigenvalue weighted by atomic mass is 9.88. The molecule has 0 saturated carbocycles. The Balaban J connectivity index is 1.85. The number of hydrogen-bond donors (Lipinski definition) is 2. The second-order valence-electron chi connectivity index (χ2n) is 5.94. The molecule has 2 aliphatic heterocycles. The zero-order valence-electron chi connectivity index (χ0n) is 12.3. The van der Waals surface area contributed by atoms with Gasteiger partial charge < -0.3 is 9.64 Å². The van der Waals surface area contributed by atoms with Crippen LogP contribution in [0.2, 0.25) is 0 Å². The van der Waals surface area contributed by atoms with Crippen molar-refractivity contribution >= 4 is 17.8 Å². The number of ketones is 1. The minimum absolute atomic E-state index is 0.0680. The lowest BCUT2D eigenvalue weighted by molar-refractivity contribution is -0.124. The van der Waals surface area contributed by atoms with E-state index in [2.05, 4.69) is 4.90 Å². The number of likely N-dealkylation sites (N-methyl/N-ethyl adjacent to an activating group) is 1. The van der Waals surface area contributed by atoms with Gasteiger partial charge >= 0.3 is 0 Å². The number of hydrogen-bond acceptors (Lipinski definition) is 5. The first kappa shape index (κ1) is 14.7. The number of benzene rings is 1. The molecule has 2 aliphatic rings. The molecule has 1 amide bonds. The molecule has 1 unspecified atom stereocenters. The monoisotopic (exact) mass is 302 g/mol. The Morgan fingerprint density at radius 3 is 3.00 bits per heavy atom. The third kappa shape index (κ3) is 2.75. The van der Waals surface area contributed by atoms with E-state index in [0.29, 0.717) is 23.3 Å². The summed E-state index contributed by atoms with van der Waals surface area (Å²) >= 11 is 0. The highest BCUT2D eigenvalue weighted by Gasteiger charge is 2.44. The molecule has 1 saturated heterocycles. The van der Waals surface area contributed by atoms with Gasteiger partial charge in [-0.25, -0.2) is 5.48 Å². The van der Waals surface area contributed by atoms with Crippen LogP contribution in [0, 0.1) is 0 Å². The molecule has 0 aromatic heterocycles. The van der Waals surface area contributed by atoms with Gasteiger partial charge in [0.1, 0.15) is 11.4 Å². The molecule has 0 bridgehead atoms. The van der Waals surface area contributed by atoms with Crippen LogP contribution >= 0.6 is 0 Å². The highest BCUT2D eigenvalue weighted by Crippen LogP contribution is 2.38. The smallest absolute Gasteiger partial charge is 0.267 e. The van der Waals surface area contributed by atoms with Gasteiger partial charge in [0, 0.05) is 25.6 Å². The first-order chi connectivity index (χ1) is 10.5. The first-order valence-electron chi connectivity index (χ1n) is 7.18. The maximum absolute atomic E-state index is 12.5. The van der Waals surface area contributed by atoms with E-state index in [9.17, 15) is 9.59 Å². The van der Waals surface area contributed by atoms with Crippen LogP contribution in [0.5, 0.6) is 5.75 Å². The van der Waals surface area contributed by atoms with E-state index in [1.807, 2.05) is 7.05 Å². The Bertz CT molecular complexity index is 656. The summed E-state index contributed by atoms with van der Waals surface area (Å²) in [6.45, 7) is 1.69. The molecule has 0 aliphatic carbocycles. The summed E-state index contributed by atoms with van der Waals surface area (Å²) in [6, 6.07) is 5.26. The van der Waals surface area contributed by atoms with E-state index in [4.69, 9.17) is 9.94 Å². The summed E-state index contributed by atoms with van der Waals surface area (Å²) in [5, 5.41) is 8.46. The summed E-state index contributed by atoms with van der Waals surface area (Å²) in [6.07, 6.45) is 3.97. The van der Waals surface area contributed by atoms with E-state index in [1.165, 1.54) is 17.6 Å². The van der Waals surface area contributed by atoms with Crippen molar-refractivity contribution < 1.29 is 19.5 Å². The van der Waals surface area contributed by atoms with E-state index in [-0.39, 0.29) is 5.78 Å². The molecule has 3 rings (SSSR count).